The maximum absolute atomic E-state index is 13.0. The van der Waals surface area contributed by atoms with Crippen LogP contribution in [-0.2, 0) is 29.6 Å². The third-order valence-corrected chi connectivity index (χ3v) is 10.1. The Kier molecular flexibility index (Phi) is 6.93. The molecule has 0 aromatic heterocycles. The molecule has 0 spiro atoms. The van der Waals surface area contributed by atoms with Crippen LogP contribution in [0.1, 0.15) is 33.1 Å². The van der Waals surface area contributed by atoms with Gasteiger partial charge in [-0.1, -0.05) is 13.8 Å². The Bertz CT molecular complexity index is 1130. The first-order chi connectivity index (χ1) is 15.3. The van der Waals surface area contributed by atoms with Crippen LogP contribution in [0.5, 0.6) is 5.75 Å². The second kappa shape index (κ2) is 8.95. The van der Waals surface area contributed by atoms with Gasteiger partial charge in [-0.25, -0.2) is 31.8 Å². The average molecular weight is 504 g/mol. The molecule has 1 amide bonds. The van der Waals surface area contributed by atoms with Gasteiger partial charge < -0.3 is 4.74 Å². The number of nitrogens with one attached hydrogen (secondary N) is 3. The molecule has 2 saturated carbocycles. The molecule has 1 aromatic carbocycles. The number of methoxy groups -OCH3 is 1. The first-order valence-electron chi connectivity index (χ1n) is 10.4. The van der Waals surface area contributed by atoms with E-state index in [9.17, 15) is 26.4 Å². The largest absolute Gasteiger partial charge is 0.497 e. The number of amides is 1. The second-order valence-corrected chi connectivity index (χ2v) is 12.6. The molecule has 33 heavy (non-hydrogen) atoms. The Hall–Kier alpha value is -2.06. The highest BCUT2D eigenvalue weighted by Gasteiger charge is 2.65. The average Bonchev–Trinajstić information content (AvgIpc) is 3.10. The first-order valence-corrected chi connectivity index (χ1v) is 13.5. The number of carbonyl (C=O) groups is 2. The number of ether oxygens (including phenoxy) is 1. The summed E-state index contributed by atoms with van der Waals surface area (Å²) in [5.41, 5.74) is -0.229. The number of rotatable bonds is 10. The van der Waals surface area contributed by atoms with Crippen LogP contribution in [0.2, 0.25) is 0 Å². The molecule has 2 aliphatic rings. The van der Waals surface area contributed by atoms with Gasteiger partial charge in [0.1, 0.15) is 17.6 Å². The molecule has 4 N–H and O–H groups in total. The molecule has 11 nitrogen and oxygen atoms in total. The number of ketones is 1. The van der Waals surface area contributed by atoms with Gasteiger partial charge in [-0.3, -0.25) is 14.8 Å². The van der Waals surface area contributed by atoms with Gasteiger partial charge >= 0.3 is 0 Å². The van der Waals surface area contributed by atoms with E-state index in [2.05, 4.69) is 9.44 Å². The quantitative estimate of drug-likeness (QED) is 0.259. The highest BCUT2D eigenvalue weighted by atomic mass is 32.2. The van der Waals surface area contributed by atoms with Crippen molar-refractivity contribution < 1.29 is 36.4 Å². The molecule has 2 aliphatic carbocycles. The zero-order valence-corrected chi connectivity index (χ0v) is 20.3. The van der Waals surface area contributed by atoms with Crippen LogP contribution in [0, 0.1) is 16.7 Å². The third-order valence-electron chi connectivity index (χ3n) is 7.17. The lowest BCUT2D eigenvalue weighted by Gasteiger charge is -2.36. The minimum absolute atomic E-state index is 0.105. The summed E-state index contributed by atoms with van der Waals surface area (Å²) in [7, 11) is -6.87. The normalized spacial score (nSPS) is 25.1. The smallest absolute Gasteiger partial charge is 0.262 e. The van der Waals surface area contributed by atoms with Crippen molar-refractivity contribution in [2.75, 3.05) is 19.4 Å². The van der Waals surface area contributed by atoms with Crippen molar-refractivity contribution in [1.82, 2.24) is 14.9 Å². The lowest BCUT2D eigenvalue weighted by atomic mass is 9.70. The summed E-state index contributed by atoms with van der Waals surface area (Å²) in [5, 5.41) is 9.04. The SMILES string of the molecule is COc1ccc(S(=O)(=O)NCC(NS(=O)(=O)CC23CCC(CC2=O)C3(C)C)C(=O)NO)cc1. The molecule has 0 radical (unpaired) electrons. The second-order valence-electron chi connectivity index (χ2n) is 9.10. The summed E-state index contributed by atoms with van der Waals surface area (Å²) in [6.45, 7) is 3.10. The Morgan fingerprint density at radius 1 is 1.21 bits per heavy atom. The van der Waals surface area contributed by atoms with E-state index in [4.69, 9.17) is 9.94 Å². The van der Waals surface area contributed by atoms with Gasteiger partial charge in [0.15, 0.2) is 0 Å². The number of hydrogen-bond donors (Lipinski definition) is 4. The minimum Gasteiger partial charge on any atom is -0.497 e. The van der Waals surface area contributed by atoms with E-state index < -0.39 is 55.1 Å². The summed E-state index contributed by atoms with van der Waals surface area (Å²) in [6, 6.07) is 3.81. The molecule has 2 bridgehead atoms. The van der Waals surface area contributed by atoms with E-state index in [1.165, 1.54) is 36.9 Å². The minimum atomic E-state index is -4.20. The van der Waals surface area contributed by atoms with Crippen molar-refractivity contribution in [3.05, 3.63) is 24.3 Å². The van der Waals surface area contributed by atoms with Crippen LogP contribution in [0.4, 0.5) is 0 Å². The van der Waals surface area contributed by atoms with Gasteiger partial charge in [0.05, 0.1) is 17.8 Å². The Morgan fingerprint density at radius 2 is 1.85 bits per heavy atom. The summed E-state index contributed by atoms with van der Waals surface area (Å²) < 4.78 is 60.4. The molecule has 0 saturated heterocycles. The molecule has 3 unspecified atom stereocenters. The lowest BCUT2D eigenvalue weighted by Crippen LogP contribution is -2.54. The third kappa shape index (κ3) is 4.78. The fraction of sp³-hybridized carbons (Fsp3) is 0.600. The topological polar surface area (TPSA) is 168 Å². The van der Waals surface area contributed by atoms with Crippen molar-refractivity contribution in [3.8, 4) is 5.75 Å². The van der Waals surface area contributed by atoms with E-state index in [1.54, 1.807) is 0 Å². The van der Waals surface area contributed by atoms with Crippen LogP contribution in [0.25, 0.3) is 0 Å². The van der Waals surface area contributed by atoms with Crippen LogP contribution >= 0.6 is 0 Å². The maximum atomic E-state index is 13.0. The summed E-state index contributed by atoms with van der Waals surface area (Å²) in [5.74, 6) is -1.22. The Balaban J connectivity index is 1.75. The van der Waals surface area contributed by atoms with E-state index in [-0.39, 0.29) is 16.6 Å². The number of sulfonamides is 2. The predicted octanol–water partition coefficient (Wildman–Crippen LogP) is 0.162. The van der Waals surface area contributed by atoms with Crippen LogP contribution in [0.3, 0.4) is 0 Å². The van der Waals surface area contributed by atoms with E-state index in [1.807, 2.05) is 13.8 Å². The van der Waals surface area contributed by atoms with E-state index in [0.29, 0.717) is 18.6 Å². The summed E-state index contributed by atoms with van der Waals surface area (Å²) in [6.07, 6.45) is 1.51. The van der Waals surface area contributed by atoms with E-state index in [0.717, 1.165) is 6.42 Å². The molecular formula is C20H29N3O8S2. The molecule has 184 valence electrons. The van der Waals surface area contributed by atoms with Crippen molar-refractivity contribution in [2.45, 2.75) is 44.0 Å². The number of hydroxylamine groups is 1. The van der Waals surface area contributed by atoms with Gasteiger partial charge in [-0.15, -0.1) is 0 Å². The zero-order chi connectivity index (χ0) is 24.7. The fourth-order valence-electron chi connectivity index (χ4n) is 4.99. The standard InChI is InChI=1S/C20H29N3O8S2/c1-19(2)13-8-9-20(19,17(24)10-13)12-32(27,28)23-16(18(25)22-26)11-21-33(29,30)15-6-4-14(31-3)5-7-15/h4-7,13,16,21,23,26H,8-12H2,1-3H3,(H,22,25). The van der Waals surface area contributed by atoms with Crippen molar-refractivity contribution in [2.24, 2.45) is 16.7 Å². The summed E-state index contributed by atoms with van der Waals surface area (Å²) >= 11 is 0. The number of benzene rings is 1. The van der Waals surface area contributed by atoms with Crippen molar-refractivity contribution in [1.29, 1.82) is 0 Å². The molecule has 0 aliphatic heterocycles. The number of fused-ring (bicyclic) bond motifs is 2. The van der Waals surface area contributed by atoms with Crippen LogP contribution < -0.4 is 19.7 Å². The van der Waals surface area contributed by atoms with Gasteiger partial charge in [0.25, 0.3) is 5.91 Å². The van der Waals surface area contributed by atoms with Gasteiger partial charge in [0, 0.05) is 18.4 Å². The monoisotopic (exact) mass is 503 g/mol. The number of hydrogen-bond acceptors (Lipinski definition) is 8. The molecule has 13 heteroatoms. The van der Waals surface area contributed by atoms with Crippen molar-refractivity contribution >= 4 is 31.7 Å². The van der Waals surface area contributed by atoms with Gasteiger partial charge in [0.2, 0.25) is 20.0 Å². The first kappa shape index (κ1) is 25.6. The molecule has 0 heterocycles. The highest BCUT2D eigenvalue weighted by Crippen LogP contribution is 2.64. The number of Topliss-reactive ketones (excluding diaryl/α,β-unsaturated/α-hetero) is 1. The summed E-state index contributed by atoms with van der Waals surface area (Å²) in [4.78, 5) is 24.7. The van der Waals surface area contributed by atoms with E-state index >= 15 is 0 Å². The van der Waals surface area contributed by atoms with Crippen LogP contribution in [-0.4, -0.2) is 59.2 Å². The van der Waals surface area contributed by atoms with Gasteiger partial charge in [-0.2, -0.15) is 0 Å². The van der Waals surface area contributed by atoms with Crippen molar-refractivity contribution in [3.63, 3.8) is 0 Å². The molecule has 2 fully saturated rings. The lowest BCUT2D eigenvalue weighted by molar-refractivity contribution is -0.130. The highest BCUT2D eigenvalue weighted by molar-refractivity contribution is 7.90. The molecule has 3 rings (SSSR count). The molecule has 3 atom stereocenters. The number of carbonyl (C=O) groups excluding carboxylic acids is 2. The zero-order valence-electron chi connectivity index (χ0n) is 18.6. The Morgan fingerprint density at radius 3 is 2.33 bits per heavy atom. The predicted molar refractivity (Wildman–Crippen MR) is 117 cm³/mol. The molecule has 1 aromatic rings. The maximum Gasteiger partial charge on any atom is 0.262 e. The van der Waals surface area contributed by atoms with Gasteiger partial charge in [-0.05, 0) is 48.4 Å². The fourth-order valence-corrected chi connectivity index (χ4v) is 8.07. The Labute approximate surface area is 193 Å². The van der Waals surface area contributed by atoms with Crippen LogP contribution in [0.15, 0.2) is 29.2 Å². The molecular weight excluding hydrogens is 474 g/mol.